The Kier molecular flexibility index (Phi) is 13.1. The quantitative estimate of drug-likeness (QED) is 0.0321. The van der Waals surface area contributed by atoms with E-state index < -0.39 is 53.8 Å². The number of anilines is 1. The van der Waals surface area contributed by atoms with Crippen molar-refractivity contribution >= 4 is 34.7 Å². The number of nitrogen functional groups attached to an aromatic ring is 1. The number of esters is 1. The van der Waals surface area contributed by atoms with Crippen LogP contribution in [0, 0.1) is 0 Å². The van der Waals surface area contributed by atoms with Crippen LogP contribution in [-0.2, 0) is 35.8 Å². The topological polar surface area (TPSA) is 240 Å². The number of benzene rings is 4. The number of amides is 1. The van der Waals surface area contributed by atoms with E-state index in [0.717, 1.165) is 16.7 Å². The summed E-state index contributed by atoms with van der Waals surface area (Å²) in [6.07, 6.45) is -3.55. The van der Waals surface area contributed by atoms with E-state index in [-0.39, 0.29) is 30.0 Å². The van der Waals surface area contributed by atoms with Crippen molar-refractivity contribution < 1.29 is 43.1 Å². The van der Waals surface area contributed by atoms with Crippen LogP contribution >= 0.6 is 0 Å². The van der Waals surface area contributed by atoms with Crippen LogP contribution in [0.1, 0.15) is 49.3 Å². The summed E-state index contributed by atoms with van der Waals surface area (Å²) >= 11 is 0. The number of aliphatic hydroxyl groups excluding tert-OH is 1. The second-order valence-electron chi connectivity index (χ2n) is 15.6. The van der Waals surface area contributed by atoms with Gasteiger partial charge in [-0.25, -0.2) is 24.5 Å². The van der Waals surface area contributed by atoms with Gasteiger partial charge in [-0.3, -0.25) is 4.57 Å². The first kappa shape index (κ1) is 43.8. The molecule has 1 aliphatic rings. The summed E-state index contributed by atoms with van der Waals surface area (Å²) in [5.74, 6) is 0.469. The number of imidazole rings is 1. The number of carbonyl (C=O) groups excluding carboxylic acids is 2. The summed E-state index contributed by atoms with van der Waals surface area (Å²) in [6, 6.07) is 29.7. The van der Waals surface area contributed by atoms with Crippen molar-refractivity contribution in [2.75, 3.05) is 26.6 Å². The zero-order valence-corrected chi connectivity index (χ0v) is 35.2. The molecule has 1 amide bonds. The SMILES string of the molecule is COc1ccc(C(OCC2OC(n3cnc4c(N)ncnc43)C(OC(=O)[C@@H](Cc3ccc(N=[N+]=[N-])cc3)NC(=O)OC(C)(C)C)C2O)(c2ccccc2)c2ccc(OC)cc2)cc1. The molecule has 0 spiro atoms. The second kappa shape index (κ2) is 18.8. The molecule has 0 radical (unpaired) electrons. The Morgan fingerprint density at radius 1 is 0.905 bits per heavy atom. The fourth-order valence-corrected chi connectivity index (χ4v) is 7.39. The molecule has 63 heavy (non-hydrogen) atoms. The lowest BCUT2D eigenvalue weighted by Gasteiger charge is -2.37. The van der Waals surface area contributed by atoms with Gasteiger partial charge < -0.3 is 44.6 Å². The van der Waals surface area contributed by atoms with Crippen LogP contribution in [-0.4, -0.2) is 87.5 Å². The standard InChI is InChI=1S/C45H47N9O9/c1-44(2,3)63-43(57)51-34(23-27-11-17-31(18-12-27)52-53-47)42(56)62-38-37(55)35(61-41(38)54-26-50-36-39(46)48-25-49-40(36)54)24-60-45(28-9-7-6-8-10-28,29-13-19-32(58-4)20-14-29)30-15-21-33(59-5)22-16-30/h6-22,25-26,34-35,37-38,41,55H,23-24H2,1-5H3,(H,51,57)(H2,46,48,49)/t34-,35?,37?,38?,41?/m1/s1. The van der Waals surface area contributed by atoms with E-state index in [4.69, 9.17) is 39.7 Å². The van der Waals surface area contributed by atoms with Crippen molar-refractivity contribution in [2.24, 2.45) is 5.11 Å². The van der Waals surface area contributed by atoms with E-state index in [1.807, 2.05) is 78.9 Å². The van der Waals surface area contributed by atoms with Crippen LogP contribution in [0.2, 0.25) is 0 Å². The van der Waals surface area contributed by atoms with Gasteiger partial charge in [0, 0.05) is 17.0 Å². The predicted octanol–water partition coefficient (Wildman–Crippen LogP) is 6.68. The number of alkyl carbamates (subject to hydrolysis) is 1. The maximum absolute atomic E-state index is 14.4. The number of aliphatic hydroxyl groups is 1. The molecule has 1 fully saturated rings. The molecular weight excluding hydrogens is 811 g/mol. The average molecular weight is 858 g/mol. The van der Waals surface area contributed by atoms with Gasteiger partial charge in [-0.2, -0.15) is 0 Å². The van der Waals surface area contributed by atoms with Crippen molar-refractivity contribution in [3.8, 4) is 11.5 Å². The van der Waals surface area contributed by atoms with Crippen LogP contribution in [0.25, 0.3) is 21.6 Å². The number of aromatic nitrogens is 4. The number of rotatable bonds is 15. The largest absolute Gasteiger partial charge is 0.497 e. The molecule has 4 unspecified atom stereocenters. The Bertz CT molecular complexity index is 2510. The minimum Gasteiger partial charge on any atom is -0.497 e. The van der Waals surface area contributed by atoms with Crippen molar-refractivity contribution in [2.45, 2.75) is 69.0 Å². The van der Waals surface area contributed by atoms with Crippen LogP contribution in [0.5, 0.6) is 11.5 Å². The lowest BCUT2D eigenvalue weighted by atomic mass is 9.80. The Hall–Kier alpha value is -7.24. The van der Waals surface area contributed by atoms with Crippen LogP contribution < -0.4 is 20.5 Å². The Labute approximate surface area is 362 Å². The molecule has 6 aromatic rings. The molecule has 0 aliphatic carbocycles. The first-order valence-electron chi connectivity index (χ1n) is 19.9. The molecule has 4 aromatic carbocycles. The normalized spacial score (nSPS) is 17.9. The van der Waals surface area contributed by atoms with Gasteiger partial charge in [0.15, 0.2) is 23.8 Å². The lowest BCUT2D eigenvalue weighted by molar-refractivity contribution is -0.161. The smallest absolute Gasteiger partial charge is 0.408 e. The maximum atomic E-state index is 14.4. The summed E-state index contributed by atoms with van der Waals surface area (Å²) < 4.78 is 37.9. The molecule has 0 saturated carbocycles. The number of ether oxygens (including phenoxy) is 6. The summed E-state index contributed by atoms with van der Waals surface area (Å²) in [6.45, 7) is 4.83. The molecule has 2 aromatic heterocycles. The third kappa shape index (κ3) is 9.64. The van der Waals surface area contributed by atoms with Gasteiger partial charge in [-0.1, -0.05) is 84.0 Å². The summed E-state index contributed by atoms with van der Waals surface area (Å²) in [4.78, 5) is 43.2. The number of azide groups is 1. The predicted molar refractivity (Wildman–Crippen MR) is 230 cm³/mol. The van der Waals surface area contributed by atoms with E-state index >= 15 is 0 Å². The number of hydrogen-bond acceptors (Lipinski definition) is 14. The van der Waals surface area contributed by atoms with Gasteiger partial charge in [0.1, 0.15) is 52.8 Å². The first-order chi connectivity index (χ1) is 30.3. The number of fused-ring (bicyclic) bond motifs is 1. The number of carbonyl (C=O) groups is 2. The van der Waals surface area contributed by atoms with Gasteiger partial charge in [0.2, 0.25) is 0 Å². The summed E-state index contributed by atoms with van der Waals surface area (Å²) in [5.41, 5.74) is 16.6. The van der Waals surface area contributed by atoms with E-state index in [1.165, 1.54) is 17.2 Å². The van der Waals surface area contributed by atoms with Gasteiger partial charge in [0.25, 0.3) is 0 Å². The minimum absolute atomic E-state index is 0.0589. The third-order valence-corrected chi connectivity index (χ3v) is 10.4. The molecule has 5 atom stereocenters. The minimum atomic E-state index is -1.51. The highest BCUT2D eigenvalue weighted by Gasteiger charge is 2.50. The molecule has 326 valence electrons. The Morgan fingerprint density at radius 2 is 1.52 bits per heavy atom. The van der Waals surface area contributed by atoms with Crippen molar-refractivity contribution in [1.29, 1.82) is 0 Å². The van der Waals surface area contributed by atoms with Crippen LogP contribution in [0.3, 0.4) is 0 Å². The van der Waals surface area contributed by atoms with Gasteiger partial charge in [0.05, 0.1) is 27.2 Å². The third-order valence-electron chi connectivity index (χ3n) is 10.4. The average Bonchev–Trinajstić information content (AvgIpc) is 3.85. The highest BCUT2D eigenvalue weighted by molar-refractivity contribution is 5.82. The highest BCUT2D eigenvalue weighted by Crippen LogP contribution is 2.43. The van der Waals surface area contributed by atoms with Crippen molar-refractivity contribution in [3.05, 3.63) is 148 Å². The second-order valence-corrected chi connectivity index (χ2v) is 15.6. The first-order valence-corrected chi connectivity index (χ1v) is 19.9. The molecule has 3 heterocycles. The molecule has 1 aliphatic heterocycles. The zero-order valence-electron chi connectivity index (χ0n) is 35.2. The molecule has 18 heteroatoms. The molecule has 7 rings (SSSR count). The van der Waals surface area contributed by atoms with Crippen molar-refractivity contribution in [3.63, 3.8) is 0 Å². The van der Waals surface area contributed by atoms with Crippen molar-refractivity contribution in [1.82, 2.24) is 24.8 Å². The fraction of sp³-hybridized carbons (Fsp3) is 0.311. The van der Waals surface area contributed by atoms with Crippen LogP contribution in [0.15, 0.2) is 121 Å². The van der Waals surface area contributed by atoms with E-state index in [2.05, 4.69) is 30.3 Å². The number of methoxy groups -OCH3 is 2. The zero-order chi connectivity index (χ0) is 44.7. The molecule has 18 nitrogen and oxygen atoms in total. The fourth-order valence-electron chi connectivity index (χ4n) is 7.39. The molecule has 4 N–H and O–H groups in total. The molecular formula is C45H47N9O9. The van der Waals surface area contributed by atoms with Gasteiger partial charge >= 0.3 is 12.1 Å². The lowest BCUT2D eigenvalue weighted by Crippen LogP contribution is -2.48. The van der Waals surface area contributed by atoms with Gasteiger partial charge in [-0.15, -0.1) is 0 Å². The Morgan fingerprint density at radius 3 is 2.11 bits per heavy atom. The van der Waals surface area contributed by atoms with E-state index in [0.29, 0.717) is 22.7 Å². The maximum Gasteiger partial charge on any atom is 0.408 e. The summed E-state index contributed by atoms with van der Waals surface area (Å²) in [5, 5.41) is 18.5. The number of nitrogens with zero attached hydrogens (tertiary/aromatic N) is 7. The van der Waals surface area contributed by atoms with Crippen LogP contribution in [0.4, 0.5) is 16.3 Å². The number of nitrogens with one attached hydrogen (secondary N) is 1. The highest BCUT2D eigenvalue weighted by atomic mass is 16.6. The molecule has 1 saturated heterocycles. The Balaban J connectivity index is 1.26. The van der Waals surface area contributed by atoms with E-state index in [9.17, 15) is 14.7 Å². The van der Waals surface area contributed by atoms with E-state index in [1.54, 1.807) is 59.3 Å². The summed E-state index contributed by atoms with van der Waals surface area (Å²) in [7, 11) is 3.17. The molecule has 0 bridgehead atoms. The number of hydrogen-bond donors (Lipinski definition) is 3. The monoisotopic (exact) mass is 857 g/mol. The van der Waals surface area contributed by atoms with Gasteiger partial charge in [-0.05, 0) is 72.8 Å². The number of nitrogens with two attached hydrogens (primary N) is 1.